The third kappa shape index (κ3) is 4.27. The molecule has 1 aliphatic carbocycles. The second-order valence-corrected chi connectivity index (χ2v) is 8.53. The molecule has 0 spiro atoms. The third-order valence-corrected chi connectivity index (χ3v) is 5.44. The standard InChI is InChI=1S/C16H28N2OS/c1-12-6-5-7-16(19,8-12)11-17-9-13-10-18-14(20-13)15(2,3)4/h10,12,17,19H,5-9,11H2,1-4H3. The topological polar surface area (TPSA) is 45.1 Å². The van der Waals surface area contributed by atoms with Crippen molar-refractivity contribution < 1.29 is 5.11 Å². The van der Waals surface area contributed by atoms with Gasteiger partial charge >= 0.3 is 0 Å². The van der Waals surface area contributed by atoms with Crippen LogP contribution in [0.2, 0.25) is 0 Å². The number of aromatic nitrogens is 1. The highest BCUT2D eigenvalue weighted by Gasteiger charge is 2.32. The maximum absolute atomic E-state index is 10.6. The number of nitrogens with one attached hydrogen (secondary N) is 1. The van der Waals surface area contributed by atoms with Crippen LogP contribution in [0, 0.1) is 5.92 Å². The molecular weight excluding hydrogens is 268 g/mol. The first-order chi connectivity index (χ1) is 9.28. The van der Waals surface area contributed by atoms with Gasteiger partial charge in [0.2, 0.25) is 0 Å². The predicted molar refractivity (Wildman–Crippen MR) is 85.1 cm³/mol. The van der Waals surface area contributed by atoms with Crippen LogP contribution in [0.25, 0.3) is 0 Å². The minimum atomic E-state index is -0.505. The number of thiazole rings is 1. The Balaban J connectivity index is 1.82. The van der Waals surface area contributed by atoms with E-state index in [1.54, 1.807) is 11.3 Å². The van der Waals surface area contributed by atoms with E-state index >= 15 is 0 Å². The van der Waals surface area contributed by atoms with Crippen LogP contribution < -0.4 is 5.32 Å². The second-order valence-electron chi connectivity index (χ2n) is 7.41. The zero-order valence-corrected chi connectivity index (χ0v) is 14.0. The smallest absolute Gasteiger partial charge is 0.0981 e. The monoisotopic (exact) mass is 296 g/mol. The maximum atomic E-state index is 10.6. The van der Waals surface area contributed by atoms with Crippen LogP contribution in [0.15, 0.2) is 6.20 Å². The van der Waals surface area contributed by atoms with Crippen molar-refractivity contribution in [3.8, 4) is 0 Å². The molecule has 0 radical (unpaired) electrons. The lowest BCUT2D eigenvalue weighted by molar-refractivity contribution is -0.0118. The minimum Gasteiger partial charge on any atom is -0.389 e. The lowest BCUT2D eigenvalue weighted by Gasteiger charge is -2.35. The van der Waals surface area contributed by atoms with Gasteiger partial charge in [0.15, 0.2) is 0 Å². The normalized spacial score (nSPS) is 27.8. The SMILES string of the molecule is CC1CCCC(O)(CNCc2cnc(C(C)(C)C)s2)C1. The van der Waals surface area contributed by atoms with E-state index in [4.69, 9.17) is 0 Å². The van der Waals surface area contributed by atoms with E-state index in [1.165, 1.54) is 16.3 Å². The molecule has 0 saturated heterocycles. The van der Waals surface area contributed by atoms with Gasteiger partial charge in [-0.15, -0.1) is 11.3 Å². The number of hydrogen-bond acceptors (Lipinski definition) is 4. The van der Waals surface area contributed by atoms with E-state index in [0.717, 1.165) is 25.8 Å². The van der Waals surface area contributed by atoms with Crippen LogP contribution in [0.4, 0.5) is 0 Å². The van der Waals surface area contributed by atoms with E-state index in [1.807, 2.05) is 6.20 Å². The summed E-state index contributed by atoms with van der Waals surface area (Å²) >= 11 is 1.77. The maximum Gasteiger partial charge on any atom is 0.0981 e. The summed E-state index contributed by atoms with van der Waals surface area (Å²) in [5.41, 5.74) is -0.380. The van der Waals surface area contributed by atoms with Crippen molar-refractivity contribution in [2.75, 3.05) is 6.54 Å². The van der Waals surface area contributed by atoms with E-state index in [9.17, 15) is 5.11 Å². The van der Waals surface area contributed by atoms with Gasteiger partial charge in [-0.3, -0.25) is 0 Å². The molecule has 20 heavy (non-hydrogen) atoms. The summed E-state index contributed by atoms with van der Waals surface area (Å²) < 4.78 is 0. The van der Waals surface area contributed by atoms with Crippen molar-refractivity contribution in [3.63, 3.8) is 0 Å². The minimum absolute atomic E-state index is 0.125. The first kappa shape index (κ1) is 15.9. The highest BCUT2D eigenvalue weighted by atomic mass is 32.1. The average Bonchev–Trinajstić information content (AvgIpc) is 2.76. The van der Waals surface area contributed by atoms with Gasteiger partial charge in [-0.05, 0) is 18.8 Å². The van der Waals surface area contributed by atoms with Crippen molar-refractivity contribution in [1.29, 1.82) is 0 Å². The molecule has 0 bridgehead atoms. The Hall–Kier alpha value is -0.450. The first-order valence-corrected chi connectivity index (χ1v) is 8.48. The van der Waals surface area contributed by atoms with Gasteiger partial charge < -0.3 is 10.4 Å². The largest absolute Gasteiger partial charge is 0.389 e. The van der Waals surface area contributed by atoms with Gasteiger partial charge in [0.05, 0.1) is 10.6 Å². The van der Waals surface area contributed by atoms with Crippen molar-refractivity contribution in [2.24, 2.45) is 5.92 Å². The molecule has 1 heterocycles. The molecule has 2 unspecified atom stereocenters. The summed E-state index contributed by atoms with van der Waals surface area (Å²) in [5, 5.41) is 15.2. The summed E-state index contributed by atoms with van der Waals surface area (Å²) in [7, 11) is 0. The van der Waals surface area contributed by atoms with E-state index < -0.39 is 5.60 Å². The first-order valence-electron chi connectivity index (χ1n) is 7.67. The number of nitrogens with zero attached hydrogens (tertiary/aromatic N) is 1. The lowest BCUT2D eigenvalue weighted by atomic mass is 9.79. The summed E-state index contributed by atoms with van der Waals surface area (Å²) in [6.07, 6.45) is 6.22. The Morgan fingerprint density at radius 2 is 2.25 bits per heavy atom. The van der Waals surface area contributed by atoms with Crippen molar-refractivity contribution in [3.05, 3.63) is 16.1 Å². The number of hydrogen-bond donors (Lipinski definition) is 2. The highest BCUT2D eigenvalue weighted by molar-refractivity contribution is 7.11. The Morgan fingerprint density at radius 1 is 1.50 bits per heavy atom. The molecule has 2 atom stereocenters. The molecule has 1 fully saturated rings. The van der Waals surface area contributed by atoms with Crippen LogP contribution in [-0.2, 0) is 12.0 Å². The quantitative estimate of drug-likeness (QED) is 0.894. The lowest BCUT2D eigenvalue weighted by Crippen LogP contribution is -2.43. The Kier molecular flexibility index (Phi) is 4.88. The van der Waals surface area contributed by atoms with Gasteiger partial charge in [-0.25, -0.2) is 4.98 Å². The van der Waals surface area contributed by atoms with Gasteiger partial charge in [0.1, 0.15) is 0 Å². The molecule has 0 amide bonds. The van der Waals surface area contributed by atoms with Crippen molar-refractivity contribution in [2.45, 2.75) is 70.9 Å². The van der Waals surface area contributed by atoms with Crippen LogP contribution in [0.3, 0.4) is 0 Å². The molecule has 1 aromatic rings. The fraction of sp³-hybridized carbons (Fsp3) is 0.812. The molecule has 0 aromatic carbocycles. The van der Waals surface area contributed by atoms with E-state index in [2.05, 4.69) is 38.0 Å². The van der Waals surface area contributed by atoms with Gasteiger partial charge in [0, 0.05) is 29.6 Å². The summed E-state index contributed by atoms with van der Waals surface area (Å²) in [6.45, 7) is 10.3. The average molecular weight is 296 g/mol. The molecule has 4 heteroatoms. The van der Waals surface area contributed by atoms with Crippen molar-refractivity contribution >= 4 is 11.3 Å². The van der Waals surface area contributed by atoms with Crippen molar-refractivity contribution in [1.82, 2.24) is 10.3 Å². The van der Waals surface area contributed by atoms with Crippen LogP contribution >= 0.6 is 11.3 Å². The summed E-state index contributed by atoms with van der Waals surface area (Å²) in [5.74, 6) is 0.645. The highest BCUT2D eigenvalue weighted by Crippen LogP contribution is 2.32. The Bertz CT molecular complexity index is 438. The Morgan fingerprint density at radius 3 is 2.85 bits per heavy atom. The predicted octanol–water partition coefficient (Wildman–Crippen LogP) is 3.47. The molecule has 3 nitrogen and oxygen atoms in total. The van der Waals surface area contributed by atoms with Crippen LogP contribution in [0.1, 0.15) is 63.3 Å². The molecule has 2 N–H and O–H groups in total. The number of rotatable bonds is 4. The Labute approximate surface area is 126 Å². The third-order valence-electron chi connectivity index (χ3n) is 4.02. The zero-order valence-electron chi connectivity index (χ0n) is 13.2. The molecule has 1 aromatic heterocycles. The molecule has 114 valence electrons. The van der Waals surface area contributed by atoms with Crippen LogP contribution in [0.5, 0.6) is 0 Å². The molecule has 2 rings (SSSR count). The summed E-state index contributed by atoms with van der Waals surface area (Å²) in [6, 6.07) is 0. The fourth-order valence-electron chi connectivity index (χ4n) is 2.95. The molecular formula is C16H28N2OS. The van der Waals surface area contributed by atoms with E-state index in [-0.39, 0.29) is 5.41 Å². The molecule has 0 aliphatic heterocycles. The van der Waals surface area contributed by atoms with Gasteiger partial charge in [-0.1, -0.05) is 40.5 Å². The van der Waals surface area contributed by atoms with E-state index in [0.29, 0.717) is 12.5 Å². The fourth-order valence-corrected chi connectivity index (χ4v) is 3.89. The number of aliphatic hydroxyl groups is 1. The molecule has 1 saturated carbocycles. The zero-order chi connectivity index (χ0) is 14.8. The summed E-state index contributed by atoms with van der Waals surface area (Å²) in [4.78, 5) is 5.75. The van der Waals surface area contributed by atoms with Gasteiger partial charge in [-0.2, -0.15) is 0 Å². The van der Waals surface area contributed by atoms with Gasteiger partial charge in [0.25, 0.3) is 0 Å². The second kappa shape index (κ2) is 6.12. The van der Waals surface area contributed by atoms with Crippen LogP contribution in [-0.4, -0.2) is 22.2 Å². The molecule has 1 aliphatic rings.